The molecule has 8 heteroatoms. The van der Waals surface area contributed by atoms with E-state index in [1.165, 1.54) is 0 Å². The Morgan fingerprint density at radius 1 is 1.24 bits per heavy atom. The van der Waals surface area contributed by atoms with Crippen molar-refractivity contribution >= 4 is 45.1 Å². The number of halogens is 1. The molecule has 1 amide bonds. The number of fused-ring (bicyclic) bond motifs is 1. The van der Waals surface area contributed by atoms with Gasteiger partial charge in [0.05, 0.1) is 10.2 Å². The van der Waals surface area contributed by atoms with Crippen LogP contribution >= 0.6 is 22.9 Å². The van der Waals surface area contributed by atoms with Gasteiger partial charge < -0.3 is 15.4 Å². The van der Waals surface area contributed by atoms with Crippen LogP contribution in [0, 0.1) is 0 Å². The van der Waals surface area contributed by atoms with Crippen LogP contribution in [0.4, 0.5) is 10.6 Å². The smallest absolute Gasteiger partial charge is 0.407 e. The summed E-state index contributed by atoms with van der Waals surface area (Å²) in [6, 6.07) is 2.41. The van der Waals surface area contributed by atoms with Crippen molar-refractivity contribution in [3.63, 3.8) is 0 Å². The van der Waals surface area contributed by atoms with Crippen LogP contribution in [0.5, 0.6) is 0 Å². The Labute approximate surface area is 156 Å². The van der Waals surface area contributed by atoms with Crippen molar-refractivity contribution in [1.29, 1.82) is 0 Å². The van der Waals surface area contributed by atoms with Crippen molar-refractivity contribution in [2.45, 2.75) is 64.1 Å². The molecule has 1 aliphatic carbocycles. The normalized spacial score (nSPS) is 21.1. The van der Waals surface area contributed by atoms with Gasteiger partial charge in [0, 0.05) is 12.1 Å². The first-order valence-corrected chi connectivity index (χ1v) is 9.73. The first-order valence-electron chi connectivity index (χ1n) is 8.47. The van der Waals surface area contributed by atoms with E-state index in [0.29, 0.717) is 6.04 Å². The number of hydrogen-bond acceptors (Lipinski definition) is 6. The highest BCUT2D eigenvalue weighted by Gasteiger charge is 2.25. The molecule has 0 atom stereocenters. The number of amides is 1. The molecule has 0 aromatic carbocycles. The van der Waals surface area contributed by atoms with E-state index in [2.05, 4.69) is 20.6 Å². The van der Waals surface area contributed by atoms with Crippen molar-refractivity contribution in [3.8, 4) is 0 Å². The lowest BCUT2D eigenvalue weighted by atomic mass is 9.91. The lowest BCUT2D eigenvalue weighted by Gasteiger charge is -2.30. The third kappa shape index (κ3) is 4.95. The molecular weight excluding hydrogens is 360 g/mol. The molecule has 1 fully saturated rings. The molecule has 6 nitrogen and oxygen atoms in total. The summed E-state index contributed by atoms with van der Waals surface area (Å²) in [5.74, 6) is 0.800. The van der Waals surface area contributed by atoms with E-state index >= 15 is 0 Å². The van der Waals surface area contributed by atoms with Gasteiger partial charge in [-0.2, -0.15) is 4.98 Å². The Kier molecular flexibility index (Phi) is 5.34. The highest BCUT2D eigenvalue weighted by atomic mass is 35.5. The number of carbonyl (C=O) groups excluding carboxylic acids is 1. The van der Waals surface area contributed by atoms with Gasteiger partial charge in [-0.25, -0.2) is 9.78 Å². The summed E-state index contributed by atoms with van der Waals surface area (Å²) in [6.45, 7) is 5.60. The number of nitrogens with one attached hydrogen (secondary N) is 2. The van der Waals surface area contributed by atoms with Gasteiger partial charge in [-0.15, -0.1) is 11.3 Å². The number of carbonyl (C=O) groups is 1. The maximum atomic E-state index is 11.9. The summed E-state index contributed by atoms with van der Waals surface area (Å²) in [6.07, 6.45) is 3.38. The molecule has 0 radical (unpaired) electrons. The summed E-state index contributed by atoms with van der Waals surface area (Å²) < 4.78 is 6.35. The maximum absolute atomic E-state index is 11.9. The maximum Gasteiger partial charge on any atom is 0.407 e. The number of anilines is 1. The third-order valence-electron chi connectivity index (χ3n) is 4.07. The number of thiophene rings is 1. The minimum atomic E-state index is -0.471. The predicted octanol–water partition coefficient (Wildman–Crippen LogP) is 4.59. The fourth-order valence-electron chi connectivity index (χ4n) is 2.98. The zero-order chi connectivity index (χ0) is 18.0. The zero-order valence-electron chi connectivity index (χ0n) is 14.6. The van der Waals surface area contributed by atoms with Gasteiger partial charge in [-0.05, 0) is 69.5 Å². The predicted molar refractivity (Wildman–Crippen MR) is 101 cm³/mol. The van der Waals surface area contributed by atoms with Crippen molar-refractivity contribution in [1.82, 2.24) is 15.3 Å². The Bertz CT molecular complexity index is 751. The zero-order valence-corrected chi connectivity index (χ0v) is 16.2. The van der Waals surface area contributed by atoms with Gasteiger partial charge in [0.2, 0.25) is 5.28 Å². The van der Waals surface area contributed by atoms with Crippen molar-refractivity contribution in [2.75, 3.05) is 5.32 Å². The fourth-order valence-corrected chi connectivity index (χ4v) is 3.94. The van der Waals surface area contributed by atoms with Gasteiger partial charge >= 0.3 is 6.09 Å². The summed E-state index contributed by atoms with van der Waals surface area (Å²) >= 11 is 7.62. The average molecular weight is 383 g/mol. The summed E-state index contributed by atoms with van der Waals surface area (Å²) in [5.41, 5.74) is 0.397. The summed E-state index contributed by atoms with van der Waals surface area (Å²) in [4.78, 5) is 20.4. The molecule has 25 heavy (non-hydrogen) atoms. The second-order valence-corrected chi connectivity index (χ2v) is 8.57. The molecule has 2 aromatic rings. The highest BCUT2D eigenvalue weighted by molar-refractivity contribution is 7.17. The largest absolute Gasteiger partial charge is 0.444 e. The van der Waals surface area contributed by atoms with Crippen LogP contribution in [0.1, 0.15) is 46.5 Å². The van der Waals surface area contributed by atoms with E-state index in [1.807, 2.05) is 32.2 Å². The van der Waals surface area contributed by atoms with Gasteiger partial charge in [0.15, 0.2) is 0 Å². The average Bonchev–Trinajstić information content (AvgIpc) is 2.95. The Hall–Kier alpha value is -1.60. The molecule has 2 heterocycles. The topological polar surface area (TPSA) is 76.1 Å². The van der Waals surface area contributed by atoms with Crippen molar-refractivity contribution in [3.05, 3.63) is 16.7 Å². The van der Waals surface area contributed by atoms with E-state index in [0.717, 1.165) is 41.7 Å². The molecule has 0 spiro atoms. The number of hydrogen-bond donors (Lipinski definition) is 2. The molecule has 0 unspecified atom stereocenters. The van der Waals surface area contributed by atoms with Crippen LogP contribution in [-0.4, -0.2) is 33.7 Å². The monoisotopic (exact) mass is 382 g/mol. The Morgan fingerprint density at radius 2 is 1.92 bits per heavy atom. The van der Waals surface area contributed by atoms with Crippen LogP contribution in [0.2, 0.25) is 5.28 Å². The standard InChI is InChI=1S/C17H23ClN4O2S/c1-17(2,3)24-16(23)20-11-6-4-10(5-7-11)19-14-13-12(8-9-25-13)21-15(18)22-14/h8-11H,4-7H2,1-3H3,(H,20,23)(H,19,21,22). The molecule has 1 saturated carbocycles. The van der Waals surface area contributed by atoms with E-state index in [9.17, 15) is 4.79 Å². The quantitative estimate of drug-likeness (QED) is 0.759. The van der Waals surface area contributed by atoms with E-state index in [1.54, 1.807) is 11.3 Å². The molecule has 0 bridgehead atoms. The van der Waals surface area contributed by atoms with Gasteiger partial charge in [0.1, 0.15) is 11.4 Å². The lowest BCUT2D eigenvalue weighted by Crippen LogP contribution is -2.42. The van der Waals surface area contributed by atoms with Gasteiger partial charge in [-0.1, -0.05) is 0 Å². The van der Waals surface area contributed by atoms with Crippen molar-refractivity contribution < 1.29 is 9.53 Å². The molecule has 3 rings (SSSR count). The van der Waals surface area contributed by atoms with Crippen LogP contribution in [0.25, 0.3) is 10.2 Å². The molecule has 1 aliphatic rings. The molecule has 2 aromatic heterocycles. The van der Waals surface area contributed by atoms with E-state index in [-0.39, 0.29) is 17.4 Å². The molecule has 2 N–H and O–H groups in total. The van der Waals surface area contributed by atoms with Crippen LogP contribution < -0.4 is 10.6 Å². The molecule has 0 aliphatic heterocycles. The Balaban J connectivity index is 1.54. The molecule has 0 saturated heterocycles. The number of rotatable bonds is 3. The number of aromatic nitrogens is 2. The second kappa shape index (κ2) is 7.33. The van der Waals surface area contributed by atoms with Crippen LogP contribution in [0.3, 0.4) is 0 Å². The lowest BCUT2D eigenvalue weighted by molar-refractivity contribution is 0.0492. The third-order valence-corrected chi connectivity index (χ3v) is 5.14. The number of alkyl carbamates (subject to hydrolysis) is 1. The van der Waals surface area contributed by atoms with E-state index < -0.39 is 5.60 Å². The minimum absolute atomic E-state index is 0.156. The van der Waals surface area contributed by atoms with Crippen LogP contribution in [-0.2, 0) is 4.74 Å². The second-order valence-electron chi connectivity index (χ2n) is 7.32. The minimum Gasteiger partial charge on any atom is -0.444 e. The van der Waals surface area contributed by atoms with Gasteiger partial charge in [0.25, 0.3) is 0 Å². The Morgan fingerprint density at radius 3 is 2.60 bits per heavy atom. The van der Waals surface area contributed by atoms with Crippen LogP contribution in [0.15, 0.2) is 11.4 Å². The van der Waals surface area contributed by atoms with Crippen molar-refractivity contribution in [2.24, 2.45) is 0 Å². The SMILES string of the molecule is CC(C)(C)OC(=O)NC1CCC(Nc2nc(Cl)nc3ccsc23)CC1. The van der Waals surface area contributed by atoms with E-state index in [4.69, 9.17) is 16.3 Å². The molecule has 136 valence electrons. The first kappa shape index (κ1) is 18.2. The summed E-state index contributed by atoms with van der Waals surface area (Å²) in [7, 11) is 0. The van der Waals surface area contributed by atoms with Gasteiger partial charge in [-0.3, -0.25) is 0 Å². The molecular formula is C17H23ClN4O2S. The fraction of sp³-hybridized carbons (Fsp3) is 0.588. The first-order chi connectivity index (χ1) is 11.8. The number of nitrogens with zero attached hydrogens (tertiary/aromatic N) is 2. The number of ether oxygens (including phenoxy) is 1. The highest BCUT2D eigenvalue weighted by Crippen LogP contribution is 2.30. The summed E-state index contributed by atoms with van der Waals surface area (Å²) in [5, 5.41) is 8.70.